The fraction of sp³-hybridized carbons (Fsp3) is 0.579. The molecule has 1 fully saturated rings. The number of nitrogens with two attached hydrogens (primary N) is 1. The van der Waals surface area contributed by atoms with Crippen molar-refractivity contribution in [2.45, 2.75) is 32.1 Å². The predicted molar refractivity (Wildman–Crippen MR) is 98.3 cm³/mol. The van der Waals surface area contributed by atoms with Crippen molar-refractivity contribution in [3.05, 3.63) is 29.3 Å². The van der Waals surface area contributed by atoms with Crippen molar-refractivity contribution in [1.82, 2.24) is 10.2 Å². The second-order valence-corrected chi connectivity index (χ2v) is 7.04. The number of piperidine rings is 1. The first-order valence-corrected chi connectivity index (χ1v) is 9.27. The third kappa shape index (κ3) is 4.80. The van der Waals surface area contributed by atoms with Gasteiger partial charge in [-0.3, -0.25) is 14.5 Å². The normalized spacial score (nSPS) is 20.1. The lowest BCUT2D eigenvalue weighted by Gasteiger charge is -2.31. The summed E-state index contributed by atoms with van der Waals surface area (Å²) in [6.07, 6.45) is 5.26. The number of nitrogens with one attached hydrogen (secondary N) is 2. The van der Waals surface area contributed by atoms with Crippen LogP contribution in [-0.2, 0) is 22.4 Å². The van der Waals surface area contributed by atoms with Gasteiger partial charge in [0.2, 0.25) is 11.8 Å². The van der Waals surface area contributed by atoms with Gasteiger partial charge < -0.3 is 16.4 Å². The molecular weight excluding hydrogens is 316 g/mol. The summed E-state index contributed by atoms with van der Waals surface area (Å²) in [4.78, 5) is 26.5. The zero-order chi connectivity index (χ0) is 17.6. The van der Waals surface area contributed by atoms with E-state index >= 15 is 0 Å². The van der Waals surface area contributed by atoms with E-state index in [0.717, 1.165) is 37.9 Å². The summed E-state index contributed by atoms with van der Waals surface area (Å²) in [5.74, 6) is -0.0109. The first-order chi connectivity index (χ1) is 12.2. The number of amides is 2. The number of fused-ring (bicyclic) bond motifs is 1. The molecule has 25 heavy (non-hydrogen) atoms. The maximum absolute atomic E-state index is 12.4. The summed E-state index contributed by atoms with van der Waals surface area (Å²) in [7, 11) is 0. The lowest BCUT2D eigenvalue weighted by molar-refractivity contribution is -0.127. The fourth-order valence-corrected chi connectivity index (χ4v) is 3.81. The van der Waals surface area contributed by atoms with Crippen LogP contribution in [0, 0.1) is 5.92 Å². The van der Waals surface area contributed by atoms with Crippen LogP contribution in [0.1, 0.15) is 30.4 Å². The molecule has 1 saturated heterocycles. The average Bonchev–Trinajstić information content (AvgIpc) is 3.07. The van der Waals surface area contributed by atoms with Gasteiger partial charge in [-0.1, -0.05) is 6.07 Å². The van der Waals surface area contributed by atoms with E-state index in [2.05, 4.69) is 27.7 Å². The Morgan fingerprint density at radius 3 is 2.88 bits per heavy atom. The molecule has 6 heteroatoms. The third-order valence-corrected chi connectivity index (χ3v) is 5.07. The van der Waals surface area contributed by atoms with Crippen molar-refractivity contribution in [1.29, 1.82) is 0 Å². The van der Waals surface area contributed by atoms with Crippen LogP contribution < -0.4 is 16.4 Å². The van der Waals surface area contributed by atoms with E-state index in [1.165, 1.54) is 17.5 Å². The molecule has 136 valence electrons. The molecule has 2 amide bonds. The van der Waals surface area contributed by atoms with E-state index in [0.29, 0.717) is 26.2 Å². The molecule has 4 N–H and O–H groups in total. The smallest absolute Gasteiger partial charge is 0.238 e. The standard InChI is InChI=1S/C19H28N4O2/c20-8-9-21-19(25)16-5-2-10-23(12-16)13-18(24)22-17-7-6-14-3-1-4-15(14)11-17/h6-7,11,16H,1-5,8-10,12-13,20H2,(H,21,25)(H,22,24). The molecule has 1 atom stereocenters. The molecule has 1 aromatic carbocycles. The Labute approximate surface area is 149 Å². The second kappa shape index (κ2) is 8.45. The van der Waals surface area contributed by atoms with Crippen molar-refractivity contribution in [2.75, 3.05) is 38.0 Å². The summed E-state index contributed by atoms with van der Waals surface area (Å²) in [6, 6.07) is 6.21. The van der Waals surface area contributed by atoms with Crippen LogP contribution in [-0.4, -0.2) is 49.4 Å². The summed E-state index contributed by atoms with van der Waals surface area (Å²) in [6.45, 7) is 2.78. The number of carbonyl (C=O) groups excluding carboxylic acids is 2. The monoisotopic (exact) mass is 344 g/mol. The second-order valence-electron chi connectivity index (χ2n) is 7.04. The number of hydrogen-bond donors (Lipinski definition) is 3. The molecule has 0 bridgehead atoms. The highest BCUT2D eigenvalue weighted by molar-refractivity contribution is 5.92. The summed E-state index contributed by atoms with van der Waals surface area (Å²) in [5, 5.41) is 5.85. The van der Waals surface area contributed by atoms with Crippen molar-refractivity contribution in [2.24, 2.45) is 11.7 Å². The van der Waals surface area contributed by atoms with Crippen LogP contribution in [0.25, 0.3) is 0 Å². The van der Waals surface area contributed by atoms with Gasteiger partial charge in [-0.25, -0.2) is 0 Å². The van der Waals surface area contributed by atoms with E-state index in [-0.39, 0.29) is 17.7 Å². The molecule has 3 rings (SSSR count). The highest BCUT2D eigenvalue weighted by atomic mass is 16.2. The predicted octanol–water partition coefficient (Wildman–Crippen LogP) is 0.901. The van der Waals surface area contributed by atoms with E-state index in [4.69, 9.17) is 5.73 Å². The summed E-state index contributed by atoms with van der Waals surface area (Å²) < 4.78 is 0. The first kappa shape index (κ1) is 17.9. The van der Waals surface area contributed by atoms with E-state index in [1.807, 2.05) is 6.07 Å². The molecule has 1 aromatic rings. The zero-order valence-electron chi connectivity index (χ0n) is 14.7. The minimum absolute atomic E-state index is 0.0130. The Kier molecular flexibility index (Phi) is 6.04. The molecule has 0 aromatic heterocycles. The van der Waals surface area contributed by atoms with Crippen LogP contribution in [0.15, 0.2) is 18.2 Å². The number of likely N-dealkylation sites (tertiary alicyclic amines) is 1. The van der Waals surface area contributed by atoms with Gasteiger partial charge in [0, 0.05) is 25.3 Å². The number of carbonyl (C=O) groups is 2. The zero-order valence-corrected chi connectivity index (χ0v) is 14.7. The molecule has 1 aliphatic carbocycles. The molecular formula is C19H28N4O2. The minimum Gasteiger partial charge on any atom is -0.355 e. The summed E-state index contributed by atoms with van der Waals surface area (Å²) >= 11 is 0. The molecule has 1 unspecified atom stereocenters. The molecule has 0 spiro atoms. The van der Waals surface area contributed by atoms with Gasteiger partial charge in [-0.2, -0.15) is 0 Å². The van der Waals surface area contributed by atoms with Gasteiger partial charge in [-0.15, -0.1) is 0 Å². The molecule has 1 heterocycles. The van der Waals surface area contributed by atoms with E-state index in [9.17, 15) is 9.59 Å². The highest BCUT2D eigenvalue weighted by Gasteiger charge is 2.26. The van der Waals surface area contributed by atoms with Crippen molar-refractivity contribution in [3.63, 3.8) is 0 Å². The van der Waals surface area contributed by atoms with Crippen molar-refractivity contribution < 1.29 is 9.59 Å². The van der Waals surface area contributed by atoms with Gasteiger partial charge >= 0.3 is 0 Å². The van der Waals surface area contributed by atoms with Gasteiger partial charge in [0.15, 0.2) is 0 Å². The number of nitrogens with zero attached hydrogens (tertiary/aromatic N) is 1. The maximum atomic E-state index is 12.4. The molecule has 1 aliphatic heterocycles. The van der Waals surface area contributed by atoms with Crippen molar-refractivity contribution in [3.8, 4) is 0 Å². The number of benzene rings is 1. The number of rotatable bonds is 6. The van der Waals surface area contributed by atoms with Crippen LogP contribution in [0.3, 0.4) is 0 Å². The quantitative estimate of drug-likeness (QED) is 0.715. The van der Waals surface area contributed by atoms with E-state index < -0.39 is 0 Å². The van der Waals surface area contributed by atoms with Crippen LogP contribution >= 0.6 is 0 Å². The number of hydrogen-bond acceptors (Lipinski definition) is 4. The molecule has 2 aliphatic rings. The Hall–Kier alpha value is -1.92. The fourth-order valence-electron chi connectivity index (χ4n) is 3.81. The number of aryl methyl sites for hydroxylation is 2. The van der Waals surface area contributed by atoms with Gasteiger partial charge in [0.25, 0.3) is 0 Å². The van der Waals surface area contributed by atoms with Crippen molar-refractivity contribution >= 4 is 17.5 Å². The van der Waals surface area contributed by atoms with Crippen LogP contribution in [0.2, 0.25) is 0 Å². The SMILES string of the molecule is NCCNC(=O)C1CCCN(CC(=O)Nc2ccc3c(c2)CCC3)C1. The van der Waals surface area contributed by atoms with Crippen LogP contribution in [0.5, 0.6) is 0 Å². The van der Waals surface area contributed by atoms with Gasteiger partial charge in [0.05, 0.1) is 12.5 Å². The first-order valence-electron chi connectivity index (χ1n) is 9.27. The Morgan fingerprint density at radius 2 is 2.04 bits per heavy atom. The lowest BCUT2D eigenvalue weighted by atomic mass is 9.97. The largest absolute Gasteiger partial charge is 0.355 e. The maximum Gasteiger partial charge on any atom is 0.238 e. The Bertz CT molecular complexity index is 632. The minimum atomic E-state index is -0.0481. The molecule has 6 nitrogen and oxygen atoms in total. The summed E-state index contributed by atoms with van der Waals surface area (Å²) in [5.41, 5.74) is 9.06. The topological polar surface area (TPSA) is 87.5 Å². The third-order valence-electron chi connectivity index (χ3n) is 5.07. The lowest BCUT2D eigenvalue weighted by Crippen LogP contribution is -2.46. The Morgan fingerprint density at radius 1 is 1.20 bits per heavy atom. The van der Waals surface area contributed by atoms with E-state index in [1.54, 1.807) is 0 Å². The molecule has 0 radical (unpaired) electrons. The molecule has 0 saturated carbocycles. The Balaban J connectivity index is 1.49. The number of anilines is 1. The highest BCUT2D eigenvalue weighted by Crippen LogP contribution is 2.25. The van der Waals surface area contributed by atoms with Gasteiger partial charge in [-0.05, 0) is 61.9 Å². The average molecular weight is 344 g/mol. The van der Waals surface area contributed by atoms with Crippen LogP contribution in [0.4, 0.5) is 5.69 Å². The van der Waals surface area contributed by atoms with Gasteiger partial charge in [0.1, 0.15) is 0 Å².